The van der Waals surface area contributed by atoms with Crippen LogP contribution in [-0.4, -0.2) is 31.1 Å². The maximum absolute atomic E-state index is 12.4. The molecule has 1 aliphatic heterocycles. The summed E-state index contributed by atoms with van der Waals surface area (Å²) in [6.07, 6.45) is 5.12. The molecule has 1 aliphatic carbocycles. The second-order valence-electron chi connectivity index (χ2n) is 7.46. The van der Waals surface area contributed by atoms with E-state index in [1.54, 1.807) is 4.90 Å². The van der Waals surface area contributed by atoms with Crippen molar-refractivity contribution in [3.63, 3.8) is 0 Å². The average Bonchev–Trinajstić information content (AvgIpc) is 3.25. The summed E-state index contributed by atoms with van der Waals surface area (Å²) in [7, 11) is 0. The highest BCUT2D eigenvalue weighted by atomic mass is 16.5. The van der Waals surface area contributed by atoms with Crippen molar-refractivity contribution in [3.05, 3.63) is 54.1 Å². The van der Waals surface area contributed by atoms with Gasteiger partial charge in [0.15, 0.2) is 6.61 Å². The van der Waals surface area contributed by atoms with Gasteiger partial charge in [-0.25, -0.2) is 0 Å². The van der Waals surface area contributed by atoms with E-state index in [4.69, 9.17) is 9.47 Å². The number of amides is 2. The number of rotatable bonds is 7. The maximum atomic E-state index is 12.4. The summed E-state index contributed by atoms with van der Waals surface area (Å²) in [5, 5.41) is 2.95. The SMILES string of the molecule is O=C(CCN1C(=O)COc2ccccc21)NCc1ccccc1OC1CCCC1. The van der Waals surface area contributed by atoms with Crippen LogP contribution in [0.2, 0.25) is 0 Å². The van der Waals surface area contributed by atoms with Gasteiger partial charge in [-0.1, -0.05) is 30.3 Å². The Bertz CT molecular complexity index is 877. The predicted molar refractivity (Wildman–Crippen MR) is 110 cm³/mol. The van der Waals surface area contributed by atoms with Crippen molar-refractivity contribution >= 4 is 17.5 Å². The molecule has 29 heavy (non-hydrogen) atoms. The molecule has 1 fully saturated rings. The number of carbonyl (C=O) groups is 2. The molecule has 0 radical (unpaired) electrons. The Morgan fingerprint density at radius 3 is 2.72 bits per heavy atom. The molecule has 0 unspecified atom stereocenters. The fourth-order valence-corrected chi connectivity index (χ4v) is 3.85. The van der Waals surface area contributed by atoms with Gasteiger partial charge in [0.25, 0.3) is 5.91 Å². The van der Waals surface area contributed by atoms with E-state index in [1.807, 2.05) is 48.5 Å². The minimum atomic E-state index is -0.133. The summed E-state index contributed by atoms with van der Waals surface area (Å²) in [5.74, 6) is 1.28. The van der Waals surface area contributed by atoms with E-state index < -0.39 is 0 Å². The molecular weight excluding hydrogens is 368 g/mol. The van der Waals surface area contributed by atoms with Crippen molar-refractivity contribution in [2.24, 2.45) is 0 Å². The third-order valence-corrected chi connectivity index (χ3v) is 5.42. The van der Waals surface area contributed by atoms with Crippen molar-refractivity contribution < 1.29 is 19.1 Å². The monoisotopic (exact) mass is 394 g/mol. The van der Waals surface area contributed by atoms with E-state index >= 15 is 0 Å². The highest BCUT2D eigenvalue weighted by Gasteiger charge is 2.25. The molecule has 0 bridgehead atoms. The Morgan fingerprint density at radius 2 is 1.86 bits per heavy atom. The lowest BCUT2D eigenvalue weighted by atomic mass is 10.2. The molecule has 1 heterocycles. The fraction of sp³-hybridized carbons (Fsp3) is 0.391. The van der Waals surface area contributed by atoms with Gasteiger partial charge in [0.2, 0.25) is 5.91 Å². The third kappa shape index (κ3) is 4.70. The lowest BCUT2D eigenvalue weighted by molar-refractivity contribution is -0.122. The number of nitrogens with one attached hydrogen (secondary N) is 1. The Balaban J connectivity index is 1.31. The quantitative estimate of drug-likeness (QED) is 0.781. The Morgan fingerprint density at radius 1 is 1.10 bits per heavy atom. The number of anilines is 1. The zero-order valence-corrected chi connectivity index (χ0v) is 16.4. The predicted octanol–water partition coefficient (Wildman–Crippen LogP) is 3.44. The van der Waals surface area contributed by atoms with Gasteiger partial charge in [-0.3, -0.25) is 9.59 Å². The summed E-state index contributed by atoms with van der Waals surface area (Å²) in [6.45, 7) is 0.741. The molecule has 6 nitrogen and oxygen atoms in total. The topological polar surface area (TPSA) is 67.9 Å². The summed E-state index contributed by atoms with van der Waals surface area (Å²) in [6, 6.07) is 15.2. The zero-order valence-electron chi connectivity index (χ0n) is 16.4. The van der Waals surface area contributed by atoms with E-state index in [2.05, 4.69) is 5.32 Å². The van der Waals surface area contributed by atoms with Crippen LogP contribution in [0.5, 0.6) is 11.5 Å². The van der Waals surface area contributed by atoms with Gasteiger partial charge >= 0.3 is 0 Å². The molecule has 2 aromatic carbocycles. The minimum absolute atomic E-state index is 0.00448. The number of carbonyl (C=O) groups excluding carboxylic acids is 2. The van der Waals surface area contributed by atoms with E-state index in [1.165, 1.54) is 12.8 Å². The van der Waals surface area contributed by atoms with Crippen LogP contribution in [0.15, 0.2) is 48.5 Å². The molecule has 1 saturated carbocycles. The van der Waals surface area contributed by atoms with Gasteiger partial charge in [-0.15, -0.1) is 0 Å². The van der Waals surface area contributed by atoms with Crippen molar-refractivity contribution in [1.29, 1.82) is 0 Å². The summed E-state index contributed by atoms with van der Waals surface area (Å²) in [5.41, 5.74) is 1.69. The fourth-order valence-electron chi connectivity index (χ4n) is 3.85. The molecule has 2 aliphatic rings. The summed E-state index contributed by atoms with van der Waals surface area (Å²) >= 11 is 0. The molecule has 0 saturated heterocycles. The van der Waals surface area contributed by atoms with Crippen LogP contribution in [0.3, 0.4) is 0 Å². The van der Waals surface area contributed by atoms with Crippen LogP contribution < -0.4 is 19.7 Å². The Labute approximate surface area is 170 Å². The number of ether oxygens (including phenoxy) is 2. The summed E-state index contributed by atoms with van der Waals surface area (Å²) in [4.78, 5) is 26.2. The molecule has 0 spiro atoms. The first-order valence-corrected chi connectivity index (χ1v) is 10.2. The maximum Gasteiger partial charge on any atom is 0.265 e. The number of para-hydroxylation sites is 3. The number of hydrogen-bond acceptors (Lipinski definition) is 4. The third-order valence-electron chi connectivity index (χ3n) is 5.42. The van der Waals surface area contributed by atoms with Gasteiger partial charge in [0, 0.05) is 25.1 Å². The highest BCUT2D eigenvalue weighted by molar-refractivity contribution is 5.98. The highest BCUT2D eigenvalue weighted by Crippen LogP contribution is 2.31. The first-order valence-electron chi connectivity index (χ1n) is 10.2. The summed E-state index contributed by atoms with van der Waals surface area (Å²) < 4.78 is 11.6. The molecule has 1 N–H and O–H groups in total. The second kappa shape index (κ2) is 8.99. The molecule has 4 rings (SSSR count). The standard InChI is InChI=1S/C23H26N2O4/c26-22(13-14-25-19-10-4-6-12-21(19)28-16-23(25)27)24-15-17-7-1-5-11-20(17)29-18-8-2-3-9-18/h1,4-7,10-12,18H,2-3,8-9,13-16H2,(H,24,26). The van der Waals surface area contributed by atoms with Crippen LogP contribution in [-0.2, 0) is 16.1 Å². The van der Waals surface area contributed by atoms with Crippen LogP contribution in [0.25, 0.3) is 0 Å². The first kappa shape index (κ1) is 19.3. The lowest BCUT2D eigenvalue weighted by Crippen LogP contribution is -2.41. The Hall–Kier alpha value is -3.02. The molecule has 6 heteroatoms. The largest absolute Gasteiger partial charge is 0.490 e. The van der Waals surface area contributed by atoms with E-state index in [0.717, 1.165) is 24.2 Å². The molecule has 2 aromatic rings. The van der Waals surface area contributed by atoms with Gasteiger partial charge in [0.1, 0.15) is 11.5 Å². The van der Waals surface area contributed by atoms with Crippen molar-refractivity contribution in [3.8, 4) is 11.5 Å². The number of fused-ring (bicyclic) bond motifs is 1. The van der Waals surface area contributed by atoms with Crippen molar-refractivity contribution in [2.75, 3.05) is 18.1 Å². The van der Waals surface area contributed by atoms with Gasteiger partial charge in [-0.2, -0.15) is 0 Å². The van der Waals surface area contributed by atoms with E-state index in [0.29, 0.717) is 24.5 Å². The van der Waals surface area contributed by atoms with Gasteiger partial charge in [0.05, 0.1) is 11.8 Å². The van der Waals surface area contributed by atoms with Crippen LogP contribution >= 0.6 is 0 Å². The molecule has 152 valence electrons. The van der Waals surface area contributed by atoms with Gasteiger partial charge in [-0.05, 0) is 43.9 Å². The molecular formula is C23H26N2O4. The molecule has 2 amide bonds. The Kier molecular flexibility index (Phi) is 5.98. The number of hydrogen-bond donors (Lipinski definition) is 1. The first-order chi connectivity index (χ1) is 14.2. The van der Waals surface area contributed by atoms with Crippen molar-refractivity contribution in [1.82, 2.24) is 5.32 Å². The zero-order chi connectivity index (χ0) is 20.1. The number of nitrogens with zero attached hydrogens (tertiary/aromatic N) is 1. The van der Waals surface area contributed by atoms with Crippen LogP contribution in [0.4, 0.5) is 5.69 Å². The van der Waals surface area contributed by atoms with E-state index in [9.17, 15) is 9.59 Å². The normalized spacial score (nSPS) is 16.3. The average molecular weight is 394 g/mol. The van der Waals surface area contributed by atoms with E-state index in [-0.39, 0.29) is 30.9 Å². The number of benzene rings is 2. The second-order valence-corrected chi connectivity index (χ2v) is 7.46. The minimum Gasteiger partial charge on any atom is -0.490 e. The lowest BCUT2D eigenvalue weighted by Gasteiger charge is -2.29. The molecule has 0 atom stereocenters. The smallest absolute Gasteiger partial charge is 0.265 e. The van der Waals surface area contributed by atoms with Crippen LogP contribution in [0, 0.1) is 0 Å². The van der Waals surface area contributed by atoms with Crippen molar-refractivity contribution in [2.45, 2.75) is 44.8 Å². The van der Waals surface area contributed by atoms with Gasteiger partial charge < -0.3 is 19.7 Å². The molecule has 0 aromatic heterocycles. The van der Waals surface area contributed by atoms with Crippen LogP contribution in [0.1, 0.15) is 37.7 Å².